The molecule has 168 valence electrons. The summed E-state index contributed by atoms with van der Waals surface area (Å²) in [5, 5.41) is 1.30. The molecule has 1 aliphatic carbocycles. The third-order valence-corrected chi connectivity index (χ3v) is 7.28. The molecule has 1 unspecified atom stereocenters. The van der Waals surface area contributed by atoms with E-state index in [-0.39, 0.29) is 5.41 Å². The highest BCUT2D eigenvalue weighted by molar-refractivity contribution is 5.83. The molecule has 1 N–H and O–H groups in total. The van der Waals surface area contributed by atoms with Crippen molar-refractivity contribution in [3.63, 3.8) is 0 Å². The molecule has 2 aromatic heterocycles. The van der Waals surface area contributed by atoms with E-state index in [1.807, 2.05) is 18.5 Å². The minimum Gasteiger partial charge on any atom is -0.489 e. The molecule has 0 saturated heterocycles. The van der Waals surface area contributed by atoms with Gasteiger partial charge in [-0.3, -0.25) is 4.98 Å². The number of hydrogen-bond acceptors (Lipinski definition) is 2. The Morgan fingerprint density at radius 1 is 0.853 bits per heavy atom. The maximum atomic E-state index is 6.16. The highest BCUT2D eigenvalue weighted by Gasteiger charge is 2.39. The number of pyridine rings is 1. The van der Waals surface area contributed by atoms with Crippen molar-refractivity contribution in [3.05, 3.63) is 131 Å². The summed E-state index contributed by atoms with van der Waals surface area (Å²) in [7, 11) is 0. The van der Waals surface area contributed by atoms with E-state index < -0.39 is 0 Å². The van der Waals surface area contributed by atoms with Gasteiger partial charge in [0.1, 0.15) is 12.4 Å². The number of benzene rings is 3. The second-order valence-electron chi connectivity index (χ2n) is 9.60. The minimum absolute atomic E-state index is 0.00887. The number of nitrogens with zero attached hydrogens (tertiary/aromatic N) is 1. The Balaban J connectivity index is 1.34. The van der Waals surface area contributed by atoms with Gasteiger partial charge in [0.15, 0.2) is 0 Å². The van der Waals surface area contributed by atoms with Crippen LogP contribution in [0.25, 0.3) is 10.9 Å². The maximum absolute atomic E-state index is 6.16. The molecule has 0 saturated carbocycles. The predicted octanol–water partition coefficient (Wildman–Crippen LogP) is 6.73. The van der Waals surface area contributed by atoms with Gasteiger partial charge in [0, 0.05) is 34.9 Å². The summed E-state index contributed by atoms with van der Waals surface area (Å²) < 4.78 is 6.16. The molecule has 1 aliphatic rings. The lowest BCUT2D eigenvalue weighted by Crippen LogP contribution is -2.30. The van der Waals surface area contributed by atoms with Crippen molar-refractivity contribution in [2.75, 3.05) is 0 Å². The molecule has 2 heterocycles. The van der Waals surface area contributed by atoms with E-state index in [0.717, 1.165) is 25.0 Å². The lowest BCUT2D eigenvalue weighted by molar-refractivity contribution is 0.306. The van der Waals surface area contributed by atoms with E-state index in [9.17, 15) is 0 Å². The van der Waals surface area contributed by atoms with Crippen LogP contribution < -0.4 is 4.74 Å². The van der Waals surface area contributed by atoms with Gasteiger partial charge in [-0.15, -0.1) is 0 Å². The van der Waals surface area contributed by atoms with Gasteiger partial charge in [-0.2, -0.15) is 0 Å². The normalized spacial score (nSPS) is 17.1. The Labute approximate surface area is 200 Å². The predicted molar refractivity (Wildman–Crippen MR) is 137 cm³/mol. The highest BCUT2D eigenvalue weighted by Crippen LogP contribution is 2.44. The molecule has 3 heteroatoms. The van der Waals surface area contributed by atoms with Gasteiger partial charge in [0.25, 0.3) is 0 Å². The van der Waals surface area contributed by atoms with Crippen LogP contribution in [0.1, 0.15) is 33.4 Å². The third kappa shape index (κ3) is 3.88. The topological polar surface area (TPSA) is 37.9 Å². The lowest BCUT2D eigenvalue weighted by Gasteiger charge is -2.30. The summed E-state index contributed by atoms with van der Waals surface area (Å²) >= 11 is 0. The molecular weight excluding hydrogens is 416 g/mol. The van der Waals surface area contributed by atoms with E-state index in [1.54, 1.807) is 0 Å². The quantitative estimate of drug-likeness (QED) is 0.315. The fraction of sp³-hybridized carbons (Fsp3) is 0.194. The Hall–Kier alpha value is -3.85. The molecule has 34 heavy (non-hydrogen) atoms. The van der Waals surface area contributed by atoms with Crippen LogP contribution in [0, 0.1) is 6.92 Å². The van der Waals surface area contributed by atoms with Gasteiger partial charge in [-0.1, -0.05) is 48.5 Å². The van der Waals surface area contributed by atoms with E-state index in [4.69, 9.17) is 4.74 Å². The second kappa shape index (κ2) is 8.49. The first-order valence-electron chi connectivity index (χ1n) is 11.9. The fourth-order valence-corrected chi connectivity index (χ4v) is 5.49. The summed E-state index contributed by atoms with van der Waals surface area (Å²) in [6.45, 7) is 2.75. The van der Waals surface area contributed by atoms with Crippen molar-refractivity contribution in [3.8, 4) is 5.75 Å². The van der Waals surface area contributed by atoms with Gasteiger partial charge in [0.2, 0.25) is 0 Å². The first kappa shape index (κ1) is 20.7. The number of aromatic amines is 1. The maximum Gasteiger partial charge on any atom is 0.120 e. The molecule has 1 atom stereocenters. The average molecular weight is 445 g/mol. The molecule has 0 aliphatic heterocycles. The number of rotatable bonds is 6. The number of nitrogens with one attached hydrogen (secondary N) is 1. The molecule has 3 aromatic carbocycles. The van der Waals surface area contributed by atoms with Crippen molar-refractivity contribution < 1.29 is 4.74 Å². The Bertz CT molecular complexity index is 1440. The zero-order valence-electron chi connectivity index (χ0n) is 19.4. The number of aromatic nitrogens is 2. The molecule has 0 amide bonds. The Morgan fingerprint density at radius 3 is 2.53 bits per heavy atom. The van der Waals surface area contributed by atoms with Gasteiger partial charge >= 0.3 is 0 Å². The molecule has 6 rings (SSSR count). The summed E-state index contributed by atoms with van der Waals surface area (Å²) in [4.78, 5) is 7.70. The third-order valence-electron chi connectivity index (χ3n) is 7.28. The SMILES string of the molecule is Cc1c[nH]c2cc(C3(Cc4ccncc4)Cc4ccc(OCc5ccccc5)cc4C3)ccc12. The largest absolute Gasteiger partial charge is 0.489 e. The standard InChI is InChI=1S/C31H28N2O/c1-22-20-33-30-16-27(8-10-29(22)30)31(17-23-11-13-32-14-12-23)18-25-7-9-28(15-26(25)19-31)34-21-24-5-3-2-4-6-24/h2-16,20,33H,17-19,21H2,1H3. The highest BCUT2D eigenvalue weighted by atomic mass is 16.5. The van der Waals surface area contributed by atoms with Crippen molar-refractivity contribution in [2.24, 2.45) is 0 Å². The van der Waals surface area contributed by atoms with Gasteiger partial charge in [0.05, 0.1) is 0 Å². The van der Waals surface area contributed by atoms with Crippen LogP contribution in [-0.4, -0.2) is 9.97 Å². The number of hydrogen-bond donors (Lipinski definition) is 1. The molecule has 5 aromatic rings. The van der Waals surface area contributed by atoms with Crippen molar-refractivity contribution in [1.29, 1.82) is 0 Å². The molecule has 0 radical (unpaired) electrons. The minimum atomic E-state index is 0.00887. The average Bonchev–Trinajstić information content (AvgIpc) is 3.44. The van der Waals surface area contributed by atoms with Crippen LogP contribution in [-0.2, 0) is 31.3 Å². The summed E-state index contributed by atoms with van der Waals surface area (Å²) in [5.74, 6) is 0.942. The van der Waals surface area contributed by atoms with Crippen LogP contribution in [0.3, 0.4) is 0 Å². The number of fused-ring (bicyclic) bond motifs is 2. The zero-order chi connectivity index (χ0) is 23.0. The zero-order valence-corrected chi connectivity index (χ0v) is 19.4. The van der Waals surface area contributed by atoms with Crippen LogP contribution in [0.4, 0.5) is 0 Å². The second-order valence-corrected chi connectivity index (χ2v) is 9.60. The molecule has 3 nitrogen and oxygen atoms in total. The van der Waals surface area contributed by atoms with Crippen LogP contribution in [0.15, 0.2) is 97.5 Å². The van der Waals surface area contributed by atoms with E-state index in [1.165, 1.54) is 44.3 Å². The van der Waals surface area contributed by atoms with Crippen LogP contribution in [0.2, 0.25) is 0 Å². The summed E-state index contributed by atoms with van der Waals surface area (Å²) in [6, 6.07) is 28.3. The fourth-order valence-electron chi connectivity index (χ4n) is 5.49. The monoisotopic (exact) mass is 444 g/mol. The van der Waals surface area contributed by atoms with Crippen molar-refractivity contribution in [1.82, 2.24) is 9.97 Å². The van der Waals surface area contributed by atoms with Crippen LogP contribution in [0.5, 0.6) is 5.75 Å². The van der Waals surface area contributed by atoms with Gasteiger partial charge in [-0.05, 0) is 89.9 Å². The number of H-pyrrole nitrogens is 1. The van der Waals surface area contributed by atoms with Gasteiger partial charge < -0.3 is 9.72 Å². The first-order valence-corrected chi connectivity index (χ1v) is 11.9. The number of ether oxygens (including phenoxy) is 1. The summed E-state index contributed by atoms with van der Waals surface area (Å²) in [6.07, 6.45) is 8.91. The molecule has 0 bridgehead atoms. The van der Waals surface area contributed by atoms with Crippen LogP contribution >= 0.6 is 0 Å². The van der Waals surface area contributed by atoms with Crippen molar-refractivity contribution >= 4 is 10.9 Å². The van der Waals surface area contributed by atoms with Crippen molar-refractivity contribution in [2.45, 2.75) is 38.2 Å². The Kier molecular flexibility index (Phi) is 5.18. The van der Waals surface area contributed by atoms with E-state index in [2.05, 4.69) is 95.9 Å². The smallest absolute Gasteiger partial charge is 0.120 e. The lowest BCUT2D eigenvalue weighted by atomic mass is 9.73. The molecule has 0 spiro atoms. The van der Waals surface area contributed by atoms with E-state index in [0.29, 0.717) is 6.61 Å². The Morgan fingerprint density at radius 2 is 1.68 bits per heavy atom. The number of aryl methyl sites for hydroxylation is 1. The molecule has 0 fully saturated rings. The van der Waals surface area contributed by atoms with E-state index >= 15 is 0 Å². The molecular formula is C31H28N2O. The first-order chi connectivity index (χ1) is 16.7. The summed E-state index contributed by atoms with van der Waals surface area (Å²) in [5.41, 5.74) is 9.23. The van der Waals surface area contributed by atoms with Gasteiger partial charge in [-0.25, -0.2) is 0 Å².